The van der Waals surface area contributed by atoms with E-state index in [2.05, 4.69) is 56.1 Å². The molecule has 0 amide bonds. The molecule has 0 atom stereocenters. The Hall–Kier alpha value is -7.36. The smallest absolute Gasteiger partial charge is 0.416 e. The van der Waals surface area contributed by atoms with Crippen molar-refractivity contribution >= 4 is 51.4 Å². The molecule has 386 valence electrons. The first-order chi connectivity index (χ1) is 34.7. The van der Waals surface area contributed by atoms with Crippen LogP contribution in [0.15, 0.2) is 133 Å². The first-order valence-corrected chi connectivity index (χ1v) is 23.7. The van der Waals surface area contributed by atoms with Gasteiger partial charge in [-0.05, 0) is 166 Å². The molecular formula is C58H58ClF5N6O4. The maximum atomic E-state index is 13.6. The molecule has 0 unspecified atom stereocenters. The van der Waals surface area contributed by atoms with Crippen LogP contribution in [-0.2, 0) is 15.7 Å². The summed E-state index contributed by atoms with van der Waals surface area (Å²) in [6, 6.07) is 36.5. The molecule has 10 rings (SSSR count). The maximum Gasteiger partial charge on any atom is 0.416 e. The van der Waals surface area contributed by atoms with Gasteiger partial charge in [0, 0.05) is 24.2 Å². The van der Waals surface area contributed by atoms with Crippen LogP contribution in [0.2, 0.25) is 5.15 Å². The summed E-state index contributed by atoms with van der Waals surface area (Å²) in [6.07, 6.45) is -0.177. The Morgan fingerprint density at radius 2 is 1.03 bits per heavy atom. The number of aromatic nitrogens is 4. The van der Waals surface area contributed by atoms with E-state index in [1.165, 1.54) is 61.7 Å². The van der Waals surface area contributed by atoms with Gasteiger partial charge >= 0.3 is 18.1 Å². The SMILES string of the molecule is C.C.COC(=O)c1ccc2nc(Cl)c(-c3ccc(F)cc3)nc2c1.COC(=O)c1ccc2nc(N3CCC(c4ccc(C)cc4)CC3)c(-c3ccc(F)cc3)nc2c1.FC(F)(F)c1ccc(C2CCNCC2)cc1. The standard InChI is InChI=1S/C28H26FN3O2.C16H10ClFN2O2.C12H14F3N.2CH4/c1-18-3-5-19(6-4-18)20-13-15-32(16-14-20)27-26(21-7-10-23(29)11-8-21)30-25-17-22(28(33)34-2)9-12-24(25)31-27;1-22-16(21)10-4-7-12-13(8-10)19-14(15(17)20-12)9-2-5-11(18)6-3-9;13-12(14,15)11-3-1-9(2-4-11)10-5-7-16-8-6-10;;/h3-12,17,20H,13-16H2,1-2H3;2-8H,1H3;1-4,10,16H,5-8H2;2*1H4. The summed E-state index contributed by atoms with van der Waals surface area (Å²) in [5.74, 6) is 0.182. The van der Waals surface area contributed by atoms with E-state index >= 15 is 0 Å². The predicted octanol–water partition coefficient (Wildman–Crippen LogP) is 14.2. The molecule has 0 aliphatic carbocycles. The molecule has 8 aromatic rings. The van der Waals surface area contributed by atoms with E-state index in [9.17, 15) is 31.5 Å². The van der Waals surface area contributed by atoms with E-state index in [1.807, 2.05) is 0 Å². The molecule has 2 fully saturated rings. The predicted molar refractivity (Wildman–Crippen MR) is 283 cm³/mol. The zero-order valence-electron chi connectivity index (χ0n) is 39.7. The summed E-state index contributed by atoms with van der Waals surface area (Å²) in [7, 11) is 2.66. The van der Waals surface area contributed by atoms with E-state index in [-0.39, 0.29) is 31.6 Å². The van der Waals surface area contributed by atoms with Gasteiger partial charge in [0.2, 0.25) is 0 Å². The van der Waals surface area contributed by atoms with Gasteiger partial charge in [0.1, 0.15) is 23.0 Å². The van der Waals surface area contributed by atoms with Gasteiger partial charge in [0.25, 0.3) is 0 Å². The Morgan fingerprint density at radius 1 is 0.581 bits per heavy atom. The lowest BCUT2D eigenvalue weighted by atomic mass is 9.89. The van der Waals surface area contributed by atoms with Gasteiger partial charge in [0.15, 0.2) is 11.0 Å². The van der Waals surface area contributed by atoms with Gasteiger partial charge in [-0.15, -0.1) is 0 Å². The number of halogens is 6. The quantitative estimate of drug-likeness (QED) is 0.122. The van der Waals surface area contributed by atoms with E-state index in [0.717, 1.165) is 68.8 Å². The number of alkyl halides is 3. The number of benzene rings is 6. The van der Waals surface area contributed by atoms with E-state index < -0.39 is 23.7 Å². The average Bonchev–Trinajstić information content (AvgIpc) is 3.41. The summed E-state index contributed by atoms with van der Waals surface area (Å²) in [4.78, 5) is 44.4. The molecule has 6 aromatic carbocycles. The maximum absolute atomic E-state index is 13.6. The van der Waals surface area contributed by atoms with E-state index in [1.54, 1.807) is 72.8 Å². The van der Waals surface area contributed by atoms with Crippen LogP contribution in [0.1, 0.15) is 95.3 Å². The lowest BCUT2D eigenvalue weighted by molar-refractivity contribution is -0.137. The molecule has 1 N–H and O–H groups in total. The Bertz CT molecular complexity index is 3170. The highest BCUT2D eigenvalue weighted by atomic mass is 35.5. The number of anilines is 1. The lowest BCUT2D eigenvalue weighted by Crippen LogP contribution is -2.34. The van der Waals surface area contributed by atoms with Crippen molar-refractivity contribution in [2.24, 2.45) is 0 Å². The van der Waals surface area contributed by atoms with Crippen LogP contribution in [0.5, 0.6) is 0 Å². The Morgan fingerprint density at radius 3 is 1.51 bits per heavy atom. The van der Waals surface area contributed by atoms with Crippen LogP contribution in [0.3, 0.4) is 0 Å². The van der Waals surface area contributed by atoms with E-state index in [4.69, 9.17) is 26.3 Å². The largest absolute Gasteiger partial charge is 0.465 e. The summed E-state index contributed by atoms with van der Waals surface area (Å²) in [5.41, 5.74) is 8.80. The molecule has 2 aliphatic rings. The summed E-state index contributed by atoms with van der Waals surface area (Å²) < 4.78 is 73.2. The number of rotatable bonds is 7. The van der Waals surface area contributed by atoms with Crippen molar-refractivity contribution in [2.75, 3.05) is 45.3 Å². The second kappa shape index (κ2) is 25.0. The fraction of sp³-hybridized carbons (Fsp3) is 0.276. The minimum atomic E-state index is -4.23. The number of nitrogens with one attached hydrogen (secondary N) is 1. The second-order valence-electron chi connectivity index (χ2n) is 17.5. The third-order valence-corrected chi connectivity index (χ3v) is 13.0. The van der Waals surface area contributed by atoms with Crippen molar-refractivity contribution in [3.8, 4) is 22.5 Å². The number of aryl methyl sites for hydroxylation is 1. The molecule has 0 spiro atoms. The highest BCUT2D eigenvalue weighted by Crippen LogP contribution is 2.36. The molecule has 0 radical (unpaired) electrons. The molecule has 2 aliphatic heterocycles. The van der Waals surface area contributed by atoms with Crippen LogP contribution in [0.25, 0.3) is 44.6 Å². The number of hydrogen-bond donors (Lipinski definition) is 1. The van der Waals surface area contributed by atoms with Gasteiger partial charge in [0.05, 0.1) is 53.0 Å². The van der Waals surface area contributed by atoms with Crippen LogP contribution >= 0.6 is 11.6 Å². The van der Waals surface area contributed by atoms with Crippen LogP contribution in [-0.4, -0.2) is 72.3 Å². The van der Waals surface area contributed by atoms with Crippen LogP contribution < -0.4 is 10.2 Å². The minimum absolute atomic E-state index is 0. The monoisotopic (exact) mass is 1030 g/mol. The average molecular weight is 1030 g/mol. The number of carbonyl (C=O) groups excluding carboxylic acids is 2. The first kappa shape index (κ1) is 55.9. The molecule has 0 saturated carbocycles. The molecule has 16 heteroatoms. The Kier molecular flexibility index (Phi) is 18.9. The summed E-state index contributed by atoms with van der Waals surface area (Å²) >= 11 is 6.15. The zero-order valence-corrected chi connectivity index (χ0v) is 40.4. The molecule has 4 heterocycles. The Balaban J connectivity index is 0.000000192. The normalized spacial score (nSPS) is 13.8. The molecule has 2 saturated heterocycles. The van der Waals surface area contributed by atoms with Crippen molar-refractivity contribution in [3.05, 3.63) is 184 Å². The van der Waals surface area contributed by atoms with Gasteiger partial charge < -0.3 is 19.7 Å². The van der Waals surface area contributed by atoms with Gasteiger partial charge in [-0.2, -0.15) is 13.2 Å². The van der Waals surface area contributed by atoms with Crippen molar-refractivity contribution in [1.82, 2.24) is 25.3 Å². The minimum Gasteiger partial charge on any atom is -0.465 e. The van der Waals surface area contributed by atoms with Gasteiger partial charge in [-0.3, -0.25) is 0 Å². The van der Waals surface area contributed by atoms with E-state index in [0.29, 0.717) is 62.0 Å². The number of piperidine rings is 2. The number of hydrogen-bond acceptors (Lipinski definition) is 10. The van der Waals surface area contributed by atoms with Gasteiger partial charge in [-0.1, -0.05) is 68.4 Å². The van der Waals surface area contributed by atoms with Crippen LogP contribution in [0, 0.1) is 18.6 Å². The molecule has 2 aromatic heterocycles. The second-order valence-corrected chi connectivity index (χ2v) is 17.8. The number of fused-ring (bicyclic) bond motifs is 2. The van der Waals surface area contributed by atoms with Crippen molar-refractivity contribution in [1.29, 1.82) is 0 Å². The Labute approximate surface area is 433 Å². The number of carbonyl (C=O) groups is 2. The van der Waals surface area contributed by atoms with Gasteiger partial charge in [-0.25, -0.2) is 38.3 Å². The first-order valence-electron chi connectivity index (χ1n) is 23.3. The molecule has 10 nitrogen and oxygen atoms in total. The highest BCUT2D eigenvalue weighted by molar-refractivity contribution is 6.32. The third kappa shape index (κ3) is 13.6. The lowest BCUT2D eigenvalue weighted by Gasteiger charge is -2.34. The molecule has 74 heavy (non-hydrogen) atoms. The highest BCUT2D eigenvalue weighted by Gasteiger charge is 2.30. The summed E-state index contributed by atoms with van der Waals surface area (Å²) in [5, 5.41) is 3.45. The fourth-order valence-corrected chi connectivity index (χ4v) is 8.99. The third-order valence-electron chi connectivity index (χ3n) is 12.7. The fourth-order valence-electron chi connectivity index (χ4n) is 8.74. The zero-order chi connectivity index (χ0) is 50.9. The van der Waals surface area contributed by atoms with Crippen molar-refractivity contribution < 1.29 is 41.0 Å². The number of ether oxygens (including phenoxy) is 2. The number of methoxy groups -OCH3 is 2. The number of nitrogens with zero attached hydrogens (tertiary/aromatic N) is 5. The number of esters is 2. The molecular weight excluding hydrogens is 975 g/mol. The topological polar surface area (TPSA) is 119 Å². The summed E-state index contributed by atoms with van der Waals surface area (Å²) in [6.45, 7) is 5.72. The van der Waals surface area contributed by atoms with Crippen molar-refractivity contribution in [2.45, 2.75) is 65.5 Å². The van der Waals surface area contributed by atoms with Crippen LogP contribution in [0.4, 0.5) is 27.8 Å². The van der Waals surface area contributed by atoms with Crippen molar-refractivity contribution in [3.63, 3.8) is 0 Å². The molecule has 0 bridgehead atoms.